The summed E-state index contributed by atoms with van der Waals surface area (Å²) >= 11 is 3.22. The van der Waals surface area contributed by atoms with Crippen LogP contribution in [-0.2, 0) is 4.79 Å². The summed E-state index contributed by atoms with van der Waals surface area (Å²) in [5.74, 6) is -0.853. The molecule has 2 rings (SSSR count). The smallest absolute Gasteiger partial charge is 0.252 e. The molecule has 0 radical (unpaired) electrons. The number of nitrogens with one attached hydrogen (secondary N) is 2. The van der Waals surface area contributed by atoms with Crippen molar-refractivity contribution in [2.45, 2.75) is 32.4 Å². The summed E-state index contributed by atoms with van der Waals surface area (Å²) in [5, 5.41) is 5.98. The van der Waals surface area contributed by atoms with E-state index >= 15 is 0 Å². The van der Waals surface area contributed by atoms with E-state index in [1.165, 1.54) is 18.2 Å². The second-order valence-electron chi connectivity index (χ2n) is 5.70. The molecule has 2 N–H and O–H groups in total. The van der Waals surface area contributed by atoms with Crippen LogP contribution < -0.4 is 10.6 Å². The van der Waals surface area contributed by atoms with Crippen molar-refractivity contribution in [1.29, 1.82) is 0 Å². The fourth-order valence-corrected chi connectivity index (χ4v) is 3.03. The Balaban J connectivity index is 1.85. The molecule has 0 bridgehead atoms. The lowest BCUT2D eigenvalue weighted by molar-refractivity contribution is -0.134. The average molecular weight is 386 g/mol. The number of nitrogens with zero attached hydrogens (tertiary/aromatic N) is 1. The number of carbonyl (C=O) groups excluding carboxylic acids is 2. The molecule has 126 valence electrons. The Kier molecular flexibility index (Phi) is 6.12. The van der Waals surface area contributed by atoms with Crippen molar-refractivity contribution in [1.82, 2.24) is 15.5 Å². The van der Waals surface area contributed by atoms with Gasteiger partial charge in [-0.3, -0.25) is 9.59 Å². The second kappa shape index (κ2) is 7.88. The molecule has 2 atom stereocenters. The minimum absolute atomic E-state index is 0.0180. The van der Waals surface area contributed by atoms with Crippen LogP contribution in [-0.4, -0.2) is 48.4 Å². The van der Waals surface area contributed by atoms with Crippen molar-refractivity contribution < 1.29 is 14.0 Å². The topological polar surface area (TPSA) is 61.4 Å². The first-order valence-corrected chi connectivity index (χ1v) is 8.45. The van der Waals surface area contributed by atoms with Gasteiger partial charge in [0.2, 0.25) is 5.91 Å². The predicted molar refractivity (Wildman–Crippen MR) is 89.7 cm³/mol. The Morgan fingerprint density at radius 2 is 2.17 bits per heavy atom. The molecule has 1 fully saturated rings. The third kappa shape index (κ3) is 4.51. The Bertz CT molecular complexity index is 597. The second-order valence-corrected chi connectivity index (χ2v) is 6.55. The van der Waals surface area contributed by atoms with Crippen molar-refractivity contribution in [3.63, 3.8) is 0 Å². The van der Waals surface area contributed by atoms with Gasteiger partial charge in [0.1, 0.15) is 5.82 Å². The van der Waals surface area contributed by atoms with Gasteiger partial charge in [-0.15, -0.1) is 0 Å². The third-order valence-electron chi connectivity index (χ3n) is 4.15. The standard InChI is InChI=1S/C16H21BrFN3O2/c1-10-11(2)21(8-7-19-10)15(22)5-6-20-16(23)13-9-12(18)3-4-14(13)17/h3-4,9-11,19H,5-8H2,1-2H3,(H,20,23). The summed E-state index contributed by atoms with van der Waals surface area (Å²) in [7, 11) is 0. The number of benzene rings is 1. The van der Waals surface area contributed by atoms with Crippen LogP contribution in [0.5, 0.6) is 0 Å². The summed E-state index contributed by atoms with van der Waals surface area (Å²) in [6, 6.07) is 4.31. The number of piperazine rings is 1. The molecule has 5 nitrogen and oxygen atoms in total. The van der Waals surface area contributed by atoms with Crippen LogP contribution >= 0.6 is 15.9 Å². The monoisotopic (exact) mass is 385 g/mol. The third-order valence-corrected chi connectivity index (χ3v) is 4.84. The van der Waals surface area contributed by atoms with Gasteiger partial charge >= 0.3 is 0 Å². The van der Waals surface area contributed by atoms with Crippen molar-refractivity contribution >= 4 is 27.7 Å². The summed E-state index contributed by atoms with van der Waals surface area (Å²) in [6.07, 6.45) is 0.232. The Morgan fingerprint density at radius 3 is 2.91 bits per heavy atom. The van der Waals surface area contributed by atoms with Crippen LogP contribution in [0.3, 0.4) is 0 Å². The molecule has 2 amide bonds. The van der Waals surface area contributed by atoms with Gasteiger partial charge in [-0.1, -0.05) is 0 Å². The van der Waals surface area contributed by atoms with Crippen molar-refractivity contribution in [2.75, 3.05) is 19.6 Å². The first kappa shape index (κ1) is 17.9. The molecule has 0 aromatic heterocycles. The largest absolute Gasteiger partial charge is 0.351 e. The summed E-state index contributed by atoms with van der Waals surface area (Å²) in [4.78, 5) is 26.2. The molecule has 1 aliphatic heterocycles. The van der Waals surface area contributed by atoms with E-state index in [1.807, 2.05) is 18.7 Å². The highest BCUT2D eigenvalue weighted by Gasteiger charge is 2.27. The highest BCUT2D eigenvalue weighted by Crippen LogP contribution is 2.17. The average Bonchev–Trinajstić information content (AvgIpc) is 2.52. The molecule has 1 saturated heterocycles. The molecule has 2 unspecified atom stereocenters. The van der Waals surface area contributed by atoms with E-state index in [4.69, 9.17) is 0 Å². The van der Waals surface area contributed by atoms with Crippen LogP contribution in [0.1, 0.15) is 30.6 Å². The lowest BCUT2D eigenvalue weighted by Crippen LogP contribution is -2.57. The van der Waals surface area contributed by atoms with Crippen molar-refractivity contribution in [3.05, 3.63) is 34.1 Å². The minimum atomic E-state index is -0.474. The normalized spacial score (nSPS) is 21.1. The SMILES string of the molecule is CC1NCCN(C(=O)CCNC(=O)c2cc(F)ccc2Br)C1C. The number of carbonyl (C=O) groups is 2. The van der Waals surface area contributed by atoms with Crippen LogP contribution in [0.2, 0.25) is 0 Å². The molecule has 0 spiro atoms. The van der Waals surface area contributed by atoms with E-state index in [-0.39, 0.29) is 36.5 Å². The number of hydrogen-bond acceptors (Lipinski definition) is 3. The number of amides is 2. The van der Waals surface area contributed by atoms with Gasteiger partial charge in [-0.25, -0.2) is 4.39 Å². The first-order valence-electron chi connectivity index (χ1n) is 7.66. The number of halogens is 2. The van der Waals surface area contributed by atoms with E-state index < -0.39 is 11.7 Å². The maximum Gasteiger partial charge on any atom is 0.252 e. The van der Waals surface area contributed by atoms with Gasteiger partial charge < -0.3 is 15.5 Å². The van der Waals surface area contributed by atoms with Crippen molar-refractivity contribution in [2.24, 2.45) is 0 Å². The van der Waals surface area contributed by atoms with Crippen LogP contribution in [0, 0.1) is 5.82 Å². The molecule has 0 aliphatic carbocycles. The lowest BCUT2D eigenvalue weighted by Gasteiger charge is -2.38. The van der Waals surface area contributed by atoms with Gasteiger partial charge in [0, 0.05) is 42.6 Å². The van der Waals surface area contributed by atoms with Gasteiger partial charge in [0.15, 0.2) is 0 Å². The molecule has 7 heteroatoms. The van der Waals surface area contributed by atoms with Gasteiger partial charge in [0.25, 0.3) is 5.91 Å². The van der Waals surface area contributed by atoms with Gasteiger partial charge in [-0.05, 0) is 48.0 Å². The Hall–Kier alpha value is -1.47. The zero-order chi connectivity index (χ0) is 17.0. The molecule has 1 aromatic carbocycles. The Morgan fingerprint density at radius 1 is 1.43 bits per heavy atom. The number of hydrogen-bond donors (Lipinski definition) is 2. The molecule has 0 saturated carbocycles. The predicted octanol–water partition coefficient (Wildman–Crippen LogP) is 1.92. The maximum absolute atomic E-state index is 13.2. The first-order chi connectivity index (χ1) is 10.9. The molecule has 23 heavy (non-hydrogen) atoms. The van der Waals surface area contributed by atoms with E-state index in [9.17, 15) is 14.0 Å². The molecule has 1 aromatic rings. The van der Waals surface area contributed by atoms with Crippen LogP contribution in [0.25, 0.3) is 0 Å². The van der Waals surface area contributed by atoms with E-state index in [1.54, 1.807) is 0 Å². The van der Waals surface area contributed by atoms with E-state index in [0.717, 1.165) is 6.54 Å². The van der Waals surface area contributed by atoms with E-state index in [2.05, 4.69) is 26.6 Å². The zero-order valence-corrected chi connectivity index (χ0v) is 14.8. The zero-order valence-electron chi connectivity index (χ0n) is 13.2. The molecule has 1 aliphatic rings. The Labute approximate surface area is 143 Å². The van der Waals surface area contributed by atoms with Gasteiger partial charge in [-0.2, -0.15) is 0 Å². The molecular formula is C16H21BrFN3O2. The van der Waals surface area contributed by atoms with Crippen molar-refractivity contribution in [3.8, 4) is 0 Å². The van der Waals surface area contributed by atoms with Gasteiger partial charge in [0.05, 0.1) is 5.56 Å². The minimum Gasteiger partial charge on any atom is -0.351 e. The quantitative estimate of drug-likeness (QED) is 0.831. The number of rotatable bonds is 4. The fourth-order valence-electron chi connectivity index (χ4n) is 2.60. The van der Waals surface area contributed by atoms with Crippen LogP contribution in [0.4, 0.5) is 4.39 Å². The molecule has 1 heterocycles. The maximum atomic E-state index is 13.2. The fraction of sp³-hybridized carbons (Fsp3) is 0.500. The van der Waals surface area contributed by atoms with E-state index in [0.29, 0.717) is 11.0 Å². The summed E-state index contributed by atoms with van der Waals surface area (Å²) in [6.45, 7) is 5.74. The molecular weight excluding hydrogens is 365 g/mol. The lowest BCUT2D eigenvalue weighted by atomic mass is 10.1. The highest BCUT2D eigenvalue weighted by molar-refractivity contribution is 9.10. The summed E-state index contributed by atoms with van der Waals surface area (Å²) < 4.78 is 13.7. The highest BCUT2D eigenvalue weighted by atomic mass is 79.9. The summed E-state index contributed by atoms with van der Waals surface area (Å²) in [5.41, 5.74) is 0.224. The van der Waals surface area contributed by atoms with Crippen LogP contribution in [0.15, 0.2) is 22.7 Å².